The lowest BCUT2D eigenvalue weighted by atomic mass is 10.1. The maximum Gasteiger partial charge on any atom is 0.232 e. The van der Waals surface area contributed by atoms with E-state index in [1.807, 2.05) is 6.07 Å². The van der Waals surface area contributed by atoms with Gasteiger partial charge in [0.25, 0.3) is 0 Å². The van der Waals surface area contributed by atoms with E-state index in [0.717, 1.165) is 43.3 Å². The minimum atomic E-state index is 0.633. The predicted molar refractivity (Wildman–Crippen MR) is 94.5 cm³/mol. The Morgan fingerprint density at radius 2 is 1.87 bits per heavy atom. The first kappa shape index (κ1) is 16.1. The molecule has 1 aliphatic rings. The maximum absolute atomic E-state index is 5.78. The lowest BCUT2D eigenvalue weighted by Gasteiger charge is -2.26. The van der Waals surface area contributed by atoms with Gasteiger partial charge in [0.1, 0.15) is 5.69 Å². The zero-order valence-corrected chi connectivity index (χ0v) is 14.2. The van der Waals surface area contributed by atoms with Gasteiger partial charge in [-0.2, -0.15) is 0 Å². The van der Waals surface area contributed by atoms with Gasteiger partial charge in [0, 0.05) is 25.2 Å². The van der Waals surface area contributed by atoms with Crippen LogP contribution in [-0.2, 0) is 6.54 Å². The van der Waals surface area contributed by atoms with Crippen LogP contribution >= 0.6 is 0 Å². The van der Waals surface area contributed by atoms with Crippen molar-refractivity contribution >= 4 is 5.88 Å². The maximum atomic E-state index is 5.78. The Morgan fingerprint density at radius 1 is 1.13 bits per heavy atom. The lowest BCUT2D eigenvalue weighted by molar-refractivity contribution is 0.405. The molecule has 0 bridgehead atoms. The Kier molecular flexibility index (Phi) is 5.34. The number of nitrogens with zero attached hydrogens (tertiary/aromatic N) is 2. The summed E-state index contributed by atoms with van der Waals surface area (Å²) in [5, 5.41) is 7.95. The van der Waals surface area contributed by atoms with Crippen LogP contribution in [0.1, 0.15) is 38.7 Å². The van der Waals surface area contributed by atoms with E-state index in [9.17, 15) is 0 Å². The predicted octanol–water partition coefficient (Wildman–Crippen LogP) is 4.08. The van der Waals surface area contributed by atoms with E-state index in [1.165, 1.54) is 24.8 Å². The number of rotatable bonds is 6. The first-order chi connectivity index (χ1) is 11.3. The van der Waals surface area contributed by atoms with E-state index >= 15 is 0 Å². The van der Waals surface area contributed by atoms with E-state index < -0.39 is 0 Å². The molecule has 4 heteroatoms. The van der Waals surface area contributed by atoms with Crippen LogP contribution < -0.4 is 10.2 Å². The van der Waals surface area contributed by atoms with Gasteiger partial charge in [-0.05, 0) is 31.7 Å². The molecule has 4 nitrogen and oxygen atoms in total. The van der Waals surface area contributed by atoms with Crippen LogP contribution in [0.5, 0.6) is 0 Å². The molecular weight excluding hydrogens is 286 g/mol. The molecule has 23 heavy (non-hydrogen) atoms. The number of benzene rings is 1. The zero-order valence-electron chi connectivity index (χ0n) is 14.2. The fourth-order valence-electron chi connectivity index (χ4n) is 3.11. The van der Waals surface area contributed by atoms with E-state index in [1.54, 1.807) is 0 Å². The summed E-state index contributed by atoms with van der Waals surface area (Å²) in [5.41, 5.74) is 3.29. The molecule has 0 amide bonds. The molecule has 1 aromatic carbocycles. The molecule has 0 spiro atoms. The SMILES string of the molecule is CC(C)CNCc1c(-c2ccccc2)noc1N1CCCCC1. The van der Waals surface area contributed by atoms with Gasteiger partial charge in [-0.3, -0.25) is 0 Å². The van der Waals surface area contributed by atoms with Crippen molar-refractivity contribution in [3.63, 3.8) is 0 Å². The molecule has 1 aromatic heterocycles. The minimum Gasteiger partial charge on any atom is -0.340 e. The van der Waals surface area contributed by atoms with Crippen molar-refractivity contribution in [1.82, 2.24) is 10.5 Å². The molecule has 0 atom stereocenters. The van der Waals surface area contributed by atoms with Crippen LogP contribution in [0, 0.1) is 5.92 Å². The highest BCUT2D eigenvalue weighted by atomic mass is 16.5. The Labute approximate surface area is 138 Å². The molecule has 0 unspecified atom stereocenters. The van der Waals surface area contributed by atoms with E-state index in [-0.39, 0.29) is 0 Å². The average Bonchev–Trinajstić information content (AvgIpc) is 3.00. The number of aromatic nitrogens is 1. The quantitative estimate of drug-likeness (QED) is 0.872. The summed E-state index contributed by atoms with van der Waals surface area (Å²) in [6.07, 6.45) is 3.79. The van der Waals surface area contributed by atoms with Crippen LogP contribution in [0.25, 0.3) is 11.3 Å². The highest BCUT2D eigenvalue weighted by Gasteiger charge is 2.23. The molecule has 1 saturated heterocycles. The van der Waals surface area contributed by atoms with Gasteiger partial charge in [-0.1, -0.05) is 49.3 Å². The molecule has 1 N–H and O–H groups in total. The first-order valence-corrected chi connectivity index (χ1v) is 8.75. The van der Waals surface area contributed by atoms with E-state index in [0.29, 0.717) is 5.92 Å². The van der Waals surface area contributed by atoms with Crippen molar-refractivity contribution in [3.8, 4) is 11.3 Å². The Hall–Kier alpha value is -1.81. The van der Waals surface area contributed by atoms with Crippen molar-refractivity contribution < 1.29 is 4.52 Å². The Morgan fingerprint density at radius 3 is 2.57 bits per heavy atom. The molecule has 1 fully saturated rings. The summed E-state index contributed by atoms with van der Waals surface area (Å²) in [6, 6.07) is 10.3. The monoisotopic (exact) mass is 313 g/mol. The molecular formula is C19H27N3O. The molecule has 2 heterocycles. The largest absolute Gasteiger partial charge is 0.340 e. The number of nitrogens with one attached hydrogen (secondary N) is 1. The topological polar surface area (TPSA) is 41.3 Å². The third-order valence-electron chi connectivity index (χ3n) is 4.31. The second kappa shape index (κ2) is 7.64. The van der Waals surface area contributed by atoms with E-state index in [2.05, 4.69) is 53.5 Å². The minimum absolute atomic E-state index is 0.633. The standard InChI is InChI=1S/C19H27N3O/c1-15(2)13-20-14-17-18(16-9-5-3-6-10-16)21-23-19(17)22-11-7-4-8-12-22/h3,5-6,9-10,15,20H,4,7-8,11-14H2,1-2H3. The van der Waals surface area contributed by atoms with Crippen molar-refractivity contribution in [1.29, 1.82) is 0 Å². The van der Waals surface area contributed by atoms with Gasteiger partial charge in [0.2, 0.25) is 5.88 Å². The van der Waals surface area contributed by atoms with Crippen molar-refractivity contribution in [3.05, 3.63) is 35.9 Å². The second-order valence-corrected chi connectivity index (χ2v) is 6.75. The van der Waals surface area contributed by atoms with Crippen LogP contribution in [-0.4, -0.2) is 24.8 Å². The van der Waals surface area contributed by atoms with Crippen LogP contribution in [0.3, 0.4) is 0 Å². The van der Waals surface area contributed by atoms with Crippen LogP contribution in [0.15, 0.2) is 34.9 Å². The Bertz CT molecular complexity index is 600. The van der Waals surface area contributed by atoms with Crippen LogP contribution in [0.4, 0.5) is 5.88 Å². The molecule has 1 aliphatic heterocycles. The normalized spacial score (nSPS) is 15.3. The van der Waals surface area contributed by atoms with Gasteiger partial charge >= 0.3 is 0 Å². The first-order valence-electron chi connectivity index (χ1n) is 8.75. The van der Waals surface area contributed by atoms with E-state index in [4.69, 9.17) is 4.52 Å². The molecule has 3 rings (SSSR count). The molecule has 124 valence electrons. The van der Waals surface area contributed by atoms with Gasteiger partial charge < -0.3 is 14.7 Å². The molecule has 0 saturated carbocycles. The fraction of sp³-hybridized carbons (Fsp3) is 0.526. The highest BCUT2D eigenvalue weighted by molar-refractivity contribution is 5.68. The van der Waals surface area contributed by atoms with Crippen molar-refractivity contribution in [2.75, 3.05) is 24.5 Å². The summed E-state index contributed by atoms with van der Waals surface area (Å²) >= 11 is 0. The summed E-state index contributed by atoms with van der Waals surface area (Å²) in [7, 11) is 0. The van der Waals surface area contributed by atoms with Crippen LogP contribution in [0.2, 0.25) is 0 Å². The van der Waals surface area contributed by atoms with Gasteiger partial charge in [0.05, 0.1) is 5.56 Å². The summed E-state index contributed by atoms with van der Waals surface area (Å²) in [5.74, 6) is 1.59. The molecule has 0 aliphatic carbocycles. The summed E-state index contributed by atoms with van der Waals surface area (Å²) in [4.78, 5) is 2.36. The smallest absolute Gasteiger partial charge is 0.232 e. The third-order valence-corrected chi connectivity index (χ3v) is 4.31. The average molecular weight is 313 g/mol. The van der Waals surface area contributed by atoms with Crippen molar-refractivity contribution in [2.45, 2.75) is 39.7 Å². The zero-order chi connectivity index (χ0) is 16.1. The van der Waals surface area contributed by atoms with Gasteiger partial charge in [0.15, 0.2) is 0 Å². The summed E-state index contributed by atoms with van der Waals surface area (Å²) in [6.45, 7) is 8.40. The van der Waals surface area contributed by atoms with Gasteiger partial charge in [-0.15, -0.1) is 0 Å². The highest BCUT2D eigenvalue weighted by Crippen LogP contribution is 2.32. The molecule has 0 radical (unpaired) electrons. The van der Waals surface area contributed by atoms with Crippen molar-refractivity contribution in [2.24, 2.45) is 5.92 Å². The Balaban J connectivity index is 1.87. The number of hydrogen-bond donors (Lipinski definition) is 1. The second-order valence-electron chi connectivity index (χ2n) is 6.75. The third kappa shape index (κ3) is 3.94. The lowest BCUT2D eigenvalue weighted by Crippen LogP contribution is -2.30. The number of hydrogen-bond acceptors (Lipinski definition) is 4. The number of piperidine rings is 1. The molecule has 2 aromatic rings. The summed E-state index contributed by atoms with van der Waals surface area (Å²) < 4.78 is 5.78. The number of anilines is 1. The van der Waals surface area contributed by atoms with Gasteiger partial charge in [-0.25, -0.2) is 0 Å². The fourth-order valence-corrected chi connectivity index (χ4v) is 3.11.